The molecule has 1 aliphatic carbocycles. The highest BCUT2D eigenvalue weighted by atomic mass is 32.1. The van der Waals surface area contributed by atoms with E-state index in [1.807, 2.05) is 31.2 Å². The van der Waals surface area contributed by atoms with E-state index >= 15 is 0 Å². The topological polar surface area (TPSA) is 119 Å². The fourth-order valence-electron chi connectivity index (χ4n) is 5.89. The molecule has 2 aliphatic heterocycles. The number of hydrogen-bond acceptors (Lipinski definition) is 9. The van der Waals surface area contributed by atoms with Gasteiger partial charge in [-0.3, -0.25) is 24.5 Å². The van der Waals surface area contributed by atoms with Gasteiger partial charge in [-0.25, -0.2) is 14.8 Å². The van der Waals surface area contributed by atoms with Crippen LogP contribution in [0.5, 0.6) is 0 Å². The van der Waals surface area contributed by atoms with Gasteiger partial charge in [-0.15, -0.1) is 11.3 Å². The standard InChI is InChI=1S/C29H27N3O7S/c1-3-38-29(35)22-19-9-5-7-11-21(19)40-28(22)30-26(33)23-24(17-12-14-18(15-13-17)32(36)37)31(39-25(23)27(30)34)20-10-6-4-8-16(20)2/h4,6,8,10,12-15,23-25H,3,5,7,9,11H2,1-2H3/t23-,24-,25-/m0/s1. The number of non-ortho nitro benzene ring substituents is 1. The van der Waals surface area contributed by atoms with E-state index in [2.05, 4.69) is 0 Å². The Morgan fingerprint density at radius 2 is 1.82 bits per heavy atom. The highest BCUT2D eigenvalue weighted by molar-refractivity contribution is 7.17. The molecule has 2 fully saturated rings. The third-order valence-electron chi connectivity index (χ3n) is 7.75. The number of hydrogen-bond donors (Lipinski definition) is 0. The molecule has 6 rings (SSSR count). The Kier molecular flexibility index (Phi) is 6.63. The van der Waals surface area contributed by atoms with E-state index in [0.29, 0.717) is 28.2 Å². The monoisotopic (exact) mass is 561 g/mol. The molecule has 3 heterocycles. The number of anilines is 2. The van der Waals surface area contributed by atoms with Crippen LogP contribution in [0.3, 0.4) is 0 Å². The lowest BCUT2D eigenvalue weighted by Crippen LogP contribution is -2.38. The summed E-state index contributed by atoms with van der Waals surface area (Å²) in [5.41, 5.74) is 3.23. The predicted molar refractivity (Wildman–Crippen MR) is 147 cm³/mol. The number of benzene rings is 2. The summed E-state index contributed by atoms with van der Waals surface area (Å²) < 4.78 is 5.35. The lowest BCUT2D eigenvalue weighted by atomic mass is 9.90. The third kappa shape index (κ3) is 4.08. The number of nitrogens with zero attached hydrogens (tertiary/aromatic N) is 3. The Morgan fingerprint density at radius 1 is 1.10 bits per heavy atom. The minimum absolute atomic E-state index is 0.0830. The van der Waals surface area contributed by atoms with Crippen molar-refractivity contribution in [2.24, 2.45) is 5.92 Å². The van der Waals surface area contributed by atoms with E-state index in [-0.39, 0.29) is 12.3 Å². The van der Waals surface area contributed by atoms with E-state index < -0.39 is 40.8 Å². The molecule has 3 aromatic rings. The van der Waals surface area contributed by atoms with Crippen molar-refractivity contribution in [2.45, 2.75) is 51.7 Å². The Hall–Kier alpha value is -4.09. The Labute approximate surface area is 234 Å². The predicted octanol–water partition coefficient (Wildman–Crippen LogP) is 5.07. The van der Waals surface area contributed by atoms with E-state index in [1.54, 1.807) is 24.1 Å². The number of rotatable bonds is 6. The van der Waals surface area contributed by atoms with Crippen LogP contribution in [-0.4, -0.2) is 35.4 Å². The molecule has 3 aliphatic rings. The first-order chi connectivity index (χ1) is 19.3. The Balaban J connectivity index is 1.45. The van der Waals surface area contributed by atoms with Crippen molar-refractivity contribution in [3.63, 3.8) is 0 Å². The van der Waals surface area contributed by atoms with Crippen molar-refractivity contribution in [2.75, 3.05) is 16.6 Å². The third-order valence-corrected chi connectivity index (χ3v) is 9.03. The summed E-state index contributed by atoms with van der Waals surface area (Å²) in [7, 11) is 0. The summed E-state index contributed by atoms with van der Waals surface area (Å²) in [5.74, 6) is -2.48. The number of nitro benzene ring substituents is 1. The van der Waals surface area contributed by atoms with Gasteiger partial charge in [0, 0.05) is 17.0 Å². The van der Waals surface area contributed by atoms with Gasteiger partial charge in [0.15, 0.2) is 6.10 Å². The molecule has 0 saturated carbocycles. The fraction of sp³-hybridized carbons (Fsp3) is 0.345. The molecule has 10 nitrogen and oxygen atoms in total. The number of hydroxylamine groups is 1. The van der Waals surface area contributed by atoms with Crippen LogP contribution in [0.1, 0.15) is 57.7 Å². The SMILES string of the molecule is CCOC(=O)c1c(N2C(=O)[C@@H]3[C@H](ON(c4ccccc4C)[C@H]3c3ccc([N+](=O)[O-])cc3)C2=O)sc2c1CCCC2. The molecule has 206 valence electrons. The normalized spacial score (nSPS) is 21.9. The van der Waals surface area contributed by atoms with Crippen molar-refractivity contribution in [1.29, 1.82) is 0 Å². The number of imide groups is 1. The number of carbonyl (C=O) groups excluding carboxylic acids is 3. The second-order valence-electron chi connectivity index (χ2n) is 10.1. The zero-order valence-corrected chi connectivity index (χ0v) is 22.8. The summed E-state index contributed by atoms with van der Waals surface area (Å²) in [5, 5.41) is 13.2. The summed E-state index contributed by atoms with van der Waals surface area (Å²) >= 11 is 1.30. The fourth-order valence-corrected chi connectivity index (χ4v) is 7.28. The van der Waals surface area contributed by atoms with Crippen LogP contribution in [0.2, 0.25) is 0 Å². The van der Waals surface area contributed by atoms with Crippen molar-refractivity contribution in [1.82, 2.24) is 0 Å². The quantitative estimate of drug-likeness (QED) is 0.177. The van der Waals surface area contributed by atoms with E-state index in [9.17, 15) is 24.5 Å². The highest BCUT2D eigenvalue weighted by Gasteiger charge is 2.61. The number of carbonyl (C=O) groups is 3. The highest BCUT2D eigenvalue weighted by Crippen LogP contribution is 2.51. The molecule has 0 bridgehead atoms. The summed E-state index contributed by atoms with van der Waals surface area (Å²) in [4.78, 5) is 60.4. The molecule has 2 aromatic carbocycles. The van der Waals surface area contributed by atoms with E-state index in [1.165, 1.54) is 23.5 Å². The number of fused-ring (bicyclic) bond motifs is 2. The van der Waals surface area contributed by atoms with Crippen LogP contribution in [0.25, 0.3) is 0 Å². The number of nitro groups is 1. The van der Waals surface area contributed by atoms with Crippen LogP contribution in [0.15, 0.2) is 48.5 Å². The molecule has 2 amide bonds. The molecule has 3 atom stereocenters. The Bertz CT molecular complexity index is 1530. The first kappa shape index (κ1) is 26.1. The second kappa shape index (κ2) is 10.1. The van der Waals surface area contributed by atoms with Gasteiger partial charge in [0.05, 0.1) is 28.8 Å². The molecule has 0 N–H and O–H groups in total. The van der Waals surface area contributed by atoms with Gasteiger partial charge in [-0.05, 0) is 62.3 Å². The van der Waals surface area contributed by atoms with E-state index in [0.717, 1.165) is 40.2 Å². The molecule has 11 heteroatoms. The van der Waals surface area contributed by atoms with Crippen LogP contribution < -0.4 is 9.96 Å². The minimum atomic E-state index is -1.12. The number of aryl methyl sites for hydroxylation is 2. The smallest absolute Gasteiger partial charge is 0.341 e. The zero-order valence-electron chi connectivity index (χ0n) is 22.0. The van der Waals surface area contributed by atoms with Gasteiger partial charge in [0.2, 0.25) is 5.91 Å². The number of thiophene rings is 1. The average Bonchev–Trinajstić information content (AvgIpc) is 3.59. The van der Waals surface area contributed by atoms with Gasteiger partial charge in [0.25, 0.3) is 11.6 Å². The van der Waals surface area contributed by atoms with Crippen molar-refractivity contribution >= 4 is 45.5 Å². The minimum Gasteiger partial charge on any atom is -0.462 e. The average molecular weight is 562 g/mol. The largest absolute Gasteiger partial charge is 0.462 e. The van der Waals surface area contributed by atoms with Crippen molar-refractivity contribution in [3.05, 3.63) is 85.8 Å². The molecule has 1 aromatic heterocycles. The van der Waals surface area contributed by atoms with Crippen molar-refractivity contribution < 1.29 is 28.9 Å². The van der Waals surface area contributed by atoms with Gasteiger partial charge >= 0.3 is 5.97 Å². The lowest BCUT2D eigenvalue weighted by Gasteiger charge is -2.29. The number of esters is 1. The molecule has 0 radical (unpaired) electrons. The van der Waals surface area contributed by atoms with Gasteiger partial charge in [-0.1, -0.05) is 30.3 Å². The maximum Gasteiger partial charge on any atom is 0.341 e. The molecule has 0 unspecified atom stereocenters. The van der Waals surface area contributed by atoms with Gasteiger partial charge in [-0.2, -0.15) is 0 Å². The van der Waals surface area contributed by atoms with Crippen LogP contribution in [0, 0.1) is 23.0 Å². The number of amides is 2. The van der Waals surface area contributed by atoms with Crippen LogP contribution >= 0.6 is 11.3 Å². The Morgan fingerprint density at radius 3 is 2.52 bits per heavy atom. The maximum absolute atomic E-state index is 14.2. The summed E-state index contributed by atoms with van der Waals surface area (Å²) in [6.45, 7) is 3.79. The van der Waals surface area contributed by atoms with Gasteiger partial charge < -0.3 is 4.74 Å². The van der Waals surface area contributed by atoms with E-state index in [4.69, 9.17) is 9.57 Å². The summed E-state index contributed by atoms with van der Waals surface area (Å²) in [6, 6.07) is 12.7. The molecular weight excluding hydrogens is 534 g/mol. The van der Waals surface area contributed by atoms with Crippen molar-refractivity contribution in [3.8, 4) is 0 Å². The first-order valence-electron chi connectivity index (χ1n) is 13.3. The molecule has 40 heavy (non-hydrogen) atoms. The van der Waals surface area contributed by atoms with Gasteiger partial charge in [0.1, 0.15) is 10.9 Å². The molecular formula is C29H27N3O7S. The first-order valence-corrected chi connectivity index (χ1v) is 14.1. The number of ether oxygens (including phenoxy) is 1. The lowest BCUT2D eigenvalue weighted by molar-refractivity contribution is -0.384. The second-order valence-corrected chi connectivity index (χ2v) is 11.2. The number of para-hydroxylation sites is 1. The zero-order chi connectivity index (χ0) is 28.1. The summed E-state index contributed by atoms with van der Waals surface area (Å²) in [6.07, 6.45) is 2.23. The maximum atomic E-state index is 14.2. The van der Waals surface area contributed by atoms with Crippen LogP contribution in [-0.2, 0) is 32.0 Å². The molecule has 0 spiro atoms. The molecule has 2 saturated heterocycles. The van der Waals surface area contributed by atoms with Crippen LogP contribution in [0.4, 0.5) is 16.4 Å².